The van der Waals surface area contributed by atoms with Crippen LogP contribution in [0.5, 0.6) is 5.75 Å². The highest BCUT2D eigenvalue weighted by Crippen LogP contribution is 2.38. The number of amides is 1. The number of hydrogen-bond acceptors (Lipinski definition) is 4. The van der Waals surface area contributed by atoms with Crippen LogP contribution in [0.25, 0.3) is 0 Å². The molecule has 5 nitrogen and oxygen atoms in total. The zero-order chi connectivity index (χ0) is 15.3. The molecular weight excluding hydrogens is 268 g/mol. The quantitative estimate of drug-likeness (QED) is 0.872. The van der Waals surface area contributed by atoms with Gasteiger partial charge in [-0.05, 0) is 38.0 Å². The lowest BCUT2D eigenvalue weighted by molar-refractivity contribution is -0.122. The molecule has 0 saturated heterocycles. The van der Waals surface area contributed by atoms with Crippen molar-refractivity contribution in [3.8, 4) is 11.8 Å². The van der Waals surface area contributed by atoms with E-state index in [4.69, 9.17) is 4.74 Å². The third-order valence-electron chi connectivity index (χ3n) is 3.89. The standard InChI is InChI=1S/C16H20N2O3/c1-2-21-14-6-5-13(9-12(14)10-19)18-15(20)16(11-17)7-3-4-8-16/h5-6,9,19H,2-4,7-8,10H2,1H3,(H,18,20). The van der Waals surface area contributed by atoms with E-state index in [1.165, 1.54) is 0 Å². The fraction of sp³-hybridized carbons (Fsp3) is 0.500. The number of nitriles is 1. The molecule has 112 valence electrons. The van der Waals surface area contributed by atoms with Crippen LogP contribution >= 0.6 is 0 Å². The van der Waals surface area contributed by atoms with E-state index in [0.717, 1.165) is 12.8 Å². The molecule has 1 aliphatic rings. The van der Waals surface area contributed by atoms with Gasteiger partial charge in [0.2, 0.25) is 5.91 Å². The molecule has 1 fully saturated rings. The molecule has 0 aromatic heterocycles. The molecule has 2 N–H and O–H groups in total. The minimum Gasteiger partial charge on any atom is -0.494 e. The Morgan fingerprint density at radius 2 is 2.19 bits per heavy atom. The van der Waals surface area contributed by atoms with Gasteiger partial charge in [0, 0.05) is 11.3 Å². The summed E-state index contributed by atoms with van der Waals surface area (Å²) in [4.78, 5) is 12.4. The summed E-state index contributed by atoms with van der Waals surface area (Å²) in [5, 5.41) is 21.5. The van der Waals surface area contributed by atoms with Crippen molar-refractivity contribution in [2.75, 3.05) is 11.9 Å². The van der Waals surface area contributed by atoms with E-state index in [-0.39, 0.29) is 12.5 Å². The second-order valence-corrected chi connectivity index (χ2v) is 5.27. The number of hydrogen-bond donors (Lipinski definition) is 2. The summed E-state index contributed by atoms with van der Waals surface area (Å²) in [5.74, 6) is 0.351. The Morgan fingerprint density at radius 3 is 2.76 bits per heavy atom. The van der Waals surface area contributed by atoms with Crippen LogP contribution in [-0.2, 0) is 11.4 Å². The maximum Gasteiger partial charge on any atom is 0.244 e. The van der Waals surface area contributed by atoms with Crippen LogP contribution in [0, 0.1) is 16.7 Å². The smallest absolute Gasteiger partial charge is 0.244 e. The highest BCUT2D eigenvalue weighted by atomic mass is 16.5. The number of carbonyl (C=O) groups is 1. The lowest BCUT2D eigenvalue weighted by atomic mass is 9.87. The minimum atomic E-state index is -0.905. The largest absolute Gasteiger partial charge is 0.494 e. The van der Waals surface area contributed by atoms with Gasteiger partial charge in [0.15, 0.2) is 0 Å². The zero-order valence-corrected chi connectivity index (χ0v) is 12.2. The molecule has 0 bridgehead atoms. The van der Waals surface area contributed by atoms with Gasteiger partial charge >= 0.3 is 0 Å². The van der Waals surface area contributed by atoms with Crippen molar-refractivity contribution in [1.29, 1.82) is 5.26 Å². The predicted octanol–water partition coefficient (Wildman–Crippen LogP) is 2.60. The number of rotatable bonds is 5. The molecule has 21 heavy (non-hydrogen) atoms. The Bertz CT molecular complexity index is 557. The van der Waals surface area contributed by atoms with Crippen molar-refractivity contribution in [3.63, 3.8) is 0 Å². The van der Waals surface area contributed by atoms with Crippen LogP contribution in [0.2, 0.25) is 0 Å². The van der Waals surface area contributed by atoms with Crippen LogP contribution in [0.3, 0.4) is 0 Å². The number of anilines is 1. The maximum atomic E-state index is 12.4. The van der Waals surface area contributed by atoms with Gasteiger partial charge in [0.05, 0.1) is 19.3 Å². The molecule has 1 saturated carbocycles. The first kappa shape index (κ1) is 15.3. The van der Waals surface area contributed by atoms with Crippen LogP contribution in [0.15, 0.2) is 18.2 Å². The summed E-state index contributed by atoms with van der Waals surface area (Å²) in [6, 6.07) is 7.30. The Labute approximate surface area is 124 Å². The molecule has 0 spiro atoms. The molecule has 0 heterocycles. The molecule has 1 aromatic carbocycles. The zero-order valence-electron chi connectivity index (χ0n) is 12.2. The predicted molar refractivity (Wildman–Crippen MR) is 78.7 cm³/mol. The summed E-state index contributed by atoms with van der Waals surface area (Å²) in [7, 11) is 0. The first-order valence-corrected chi connectivity index (χ1v) is 7.24. The van der Waals surface area contributed by atoms with E-state index >= 15 is 0 Å². The van der Waals surface area contributed by atoms with E-state index in [0.29, 0.717) is 36.4 Å². The van der Waals surface area contributed by atoms with E-state index in [2.05, 4.69) is 11.4 Å². The normalized spacial score (nSPS) is 16.2. The summed E-state index contributed by atoms with van der Waals surface area (Å²) in [6.07, 6.45) is 3.04. The van der Waals surface area contributed by atoms with Gasteiger partial charge in [-0.25, -0.2) is 0 Å². The van der Waals surface area contributed by atoms with E-state index in [1.54, 1.807) is 18.2 Å². The Balaban J connectivity index is 2.16. The van der Waals surface area contributed by atoms with Gasteiger partial charge in [-0.15, -0.1) is 0 Å². The molecule has 1 aromatic rings. The van der Waals surface area contributed by atoms with Crippen molar-refractivity contribution >= 4 is 11.6 Å². The summed E-state index contributed by atoms with van der Waals surface area (Å²) < 4.78 is 5.40. The van der Waals surface area contributed by atoms with Gasteiger partial charge in [-0.3, -0.25) is 4.79 Å². The lowest BCUT2D eigenvalue weighted by Crippen LogP contribution is -2.32. The number of nitrogens with zero attached hydrogens (tertiary/aromatic N) is 1. The molecule has 5 heteroatoms. The van der Waals surface area contributed by atoms with Gasteiger partial charge in [-0.2, -0.15) is 5.26 Å². The van der Waals surface area contributed by atoms with E-state index < -0.39 is 5.41 Å². The Hall–Kier alpha value is -2.06. The van der Waals surface area contributed by atoms with Crippen LogP contribution < -0.4 is 10.1 Å². The average molecular weight is 288 g/mol. The van der Waals surface area contributed by atoms with Crippen LogP contribution in [0.1, 0.15) is 38.2 Å². The summed E-state index contributed by atoms with van der Waals surface area (Å²) in [5.41, 5.74) is 0.291. The molecule has 1 amide bonds. The third kappa shape index (κ3) is 3.17. The first-order chi connectivity index (χ1) is 10.1. The SMILES string of the molecule is CCOc1ccc(NC(=O)C2(C#N)CCCC2)cc1CO. The summed E-state index contributed by atoms with van der Waals surface area (Å²) in [6.45, 7) is 2.21. The molecule has 1 aliphatic carbocycles. The van der Waals surface area contributed by atoms with Crippen LogP contribution in [-0.4, -0.2) is 17.6 Å². The topological polar surface area (TPSA) is 82.3 Å². The number of aliphatic hydroxyl groups excluding tert-OH is 1. The fourth-order valence-electron chi connectivity index (χ4n) is 2.70. The average Bonchev–Trinajstić information content (AvgIpc) is 2.99. The second kappa shape index (κ2) is 6.59. The summed E-state index contributed by atoms with van der Waals surface area (Å²) >= 11 is 0. The van der Waals surface area contributed by atoms with E-state index in [1.807, 2.05) is 6.92 Å². The lowest BCUT2D eigenvalue weighted by Gasteiger charge is -2.19. The Kier molecular flexibility index (Phi) is 4.81. The highest BCUT2D eigenvalue weighted by molar-refractivity contribution is 5.97. The molecule has 2 rings (SSSR count). The van der Waals surface area contributed by atoms with Crippen molar-refractivity contribution in [2.24, 2.45) is 5.41 Å². The van der Waals surface area contributed by atoms with Crippen molar-refractivity contribution in [3.05, 3.63) is 23.8 Å². The third-order valence-corrected chi connectivity index (χ3v) is 3.89. The number of carbonyl (C=O) groups excluding carboxylic acids is 1. The monoisotopic (exact) mass is 288 g/mol. The fourth-order valence-corrected chi connectivity index (χ4v) is 2.70. The van der Waals surface area contributed by atoms with Gasteiger partial charge in [0.1, 0.15) is 11.2 Å². The molecule has 0 aliphatic heterocycles. The maximum absolute atomic E-state index is 12.4. The van der Waals surface area contributed by atoms with Crippen molar-refractivity contribution < 1.29 is 14.6 Å². The minimum absolute atomic E-state index is 0.164. The van der Waals surface area contributed by atoms with Gasteiger partial charge in [0.25, 0.3) is 0 Å². The second-order valence-electron chi connectivity index (χ2n) is 5.27. The van der Waals surface area contributed by atoms with Gasteiger partial charge in [-0.1, -0.05) is 12.8 Å². The van der Waals surface area contributed by atoms with Crippen molar-refractivity contribution in [2.45, 2.75) is 39.2 Å². The molecule has 0 radical (unpaired) electrons. The molecule has 0 unspecified atom stereocenters. The highest BCUT2D eigenvalue weighted by Gasteiger charge is 2.41. The van der Waals surface area contributed by atoms with Crippen molar-refractivity contribution in [1.82, 2.24) is 0 Å². The van der Waals surface area contributed by atoms with Gasteiger partial charge < -0.3 is 15.2 Å². The molecule has 0 atom stereocenters. The first-order valence-electron chi connectivity index (χ1n) is 7.24. The molecular formula is C16H20N2O3. The van der Waals surface area contributed by atoms with E-state index in [9.17, 15) is 15.2 Å². The number of nitrogens with one attached hydrogen (secondary N) is 1. The Morgan fingerprint density at radius 1 is 1.48 bits per heavy atom. The van der Waals surface area contributed by atoms with Crippen LogP contribution in [0.4, 0.5) is 5.69 Å². The number of benzene rings is 1. The number of ether oxygens (including phenoxy) is 1. The number of aliphatic hydroxyl groups is 1.